The summed E-state index contributed by atoms with van der Waals surface area (Å²) in [6, 6.07) is 5.20. The Morgan fingerprint density at radius 1 is 1.19 bits per heavy atom. The molecule has 1 aromatic carbocycles. The van der Waals surface area contributed by atoms with E-state index in [2.05, 4.69) is 27.4 Å². The molecule has 0 spiro atoms. The van der Waals surface area contributed by atoms with Gasteiger partial charge in [-0.15, -0.1) is 0 Å². The molecule has 5 nitrogen and oxygen atoms in total. The highest BCUT2D eigenvalue weighted by atomic mass is 19.4. The minimum Gasteiger partial charge on any atom is -0.387 e. The molecule has 0 aromatic heterocycles. The van der Waals surface area contributed by atoms with Crippen LogP contribution < -0.4 is 11.2 Å². The van der Waals surface area contributed by atoms with Crippen LogP contribution in [0.25, 0.3) is 0 Å². The number of allylic oxidation sites excluding steroid dienone is 1. The number of amidine groups is 1. The van der Waals surface area contributed by atoms with Crippen LogP contribution in [0, 0.1) is 0 Å². The predicted molar refractivity (Wildman–Crippen MR) is 97.4 cm³/mol. The second-order valence-electron chi connectivity index (χ2n) is 6.62. The number of hydrazine groups is 1. The summed E-state index contributed by atoms with van der Waals surface area (Å²) in [6.07, 6.45) is -2.45. The van der Waals surface area contributed by atoms with Crippen molar-refractivity contribution < 1.29 is 13.2 Å². The fourth-order valence-electron chi connectivity index (χ4n) is 2.68. The summed E-state index contributed by atoms with van der Waals surface area (Å²) >= 11 is 0. The molecular weight excluding hydrogens is 343 g/mol. The molecule has 0 saturated carbocycles. The second-order valence-corrected chi connectivity index (χ2v) is 6.62. The van der Waals surface area contributed by atoms with E-state index in [1.54, 1.807) is 6.92 Å². The lowest BCUT2D eigenvalue weighted by Gasteiger charge is -2.33. The lowest BCUT2D eigenvalue weighted by molar-refractivity contribution is -0.137. The maximum Gasteiger partial charge on any atom is 0.416 e. The van der Waals surface area contributed by atoms with Gasteiger partial charge in [-0.3, -0.25) is 0 Å². The van der Waals surface area contributed by atoms with Crippen LogP contribution in [0.4, 0.5) is 13.2 Å². The molecule has 8 heteroatoms. The molecule has 0 bridgehead atoms. The summed E-state index contributed by atoms with van der Waals surface area (Å²) in [7, 11) is 2.07. The largest absolute Gasteiger partial charge is 0.416 e. The number of rotatable bonds is 5. The third-order valence-electron chi connectivity index (χ3n) is 4.24. The summed E-state index contributed by atoms with van der Waals surface area (Å²) in [4.78, 5) is 6.56. The van der Waals surface area contributed by atoms with Gasteiger partial charge >= 0.3 is 6.18 Å². The van der Waals surface area contributed by atoms with E-state index in [1.165, 1.54) is 12.1 Å². The molecule has 144 valence electrons. The molecule has 1 saturated heterocycles. The Balaban J connectivity index is 2.13. The van der Waals surface area contributed by atoms with Crippen LogP contribution in [-0.2, 0) is 6.18 Å². The first-order chi connectivity index (χ1) is 12.1. The van der Waals surface area contributed by atoms with Crippen LogP contribution >= 0.6 is 0 Å². The zero-order valence-electron chi connectivity index (χ0n) is 15.3. The molecule has 3 N–H and O–H groups in total. The molecular formula is C18H26F3N5. The number of alkyl halides is 3. The average Bonchev–Trinajstić information content (AvgIpc) is 2.55. The van der Waals surface area contributed by atoms with Gasteiger partial charge in [0.1, 0.15) is 5.82 Å². The molecule has 1 aliphatic rings. The van der Waals surface area contributed by atoms with Crippen molar-refractivity contribution in [3.05, 3.63) is 47.3 Å². The van der Waals surface area contributed by atoms with Gasteiger partial charge in [-0.25, -0.2) is 10.0 Å². The van der Waals surface area contributed by atoms with E-state index in [0.29, 0.717) is 11.7 Å². The third-order valence-corrected chi connectivity index (χ3v) is 4.24. The Kier molecular flexibility index (Phi) is 6.66. The molecule has 26 heavy (non-hydrogen) atoms. The summed E-state index contributed by atoms with van der Waals surface area (Å²) in [6.45, 7) is 7.20. The molecule has 1 aliphatic heterocycles. The zero-order chi connectivity index (χ0) is 19.3. The highest BCUT2D eigenvalue weighted by Gasteiger charge is 2.30. The molecule has 0 amide bonds. The minimum absolute atomic E-state index is 0.115. The standard InChI is InChI=1S/C18H26F3N5/c1-13(15-4-6-16(7-5-15)18(19,20)21)12-17(23-14(2)22)24-26-10-8-25(3)9-11-26/h4-7,12-13,24H,8-11H2,1-3H3,(H2,22,23)/b17-12+. The Bertz CT molecular complexity index is 640. The highest BCUT2D eigenvalue weighted by Crippen LogP contribution is 2.30. The summed E-state index contributed by atoms with van der Waals surface area (Å²) in [5, 5.41) is 2.07. The first-order valence-electron chi connectivity index (χ1n) is 8.55. The Morgan fingerprint density at radius 3 is 2.27 bits per heavy atom. The summed E-state index contributed by atoms with van der Waals surface area (Å²) < 4.78 is 38.1. The Hall–Kier alpha value is -2.06. The van der Waals surface area contributed by atoms with Gasteiger partial charge in [0, 0.05) is 32.1 Å². The van der Waals surface area contributed by atoms with Gasteiger partial charge in [-0.2, -0.15) is 13.2 Å². The number of likely N-dealkylation sites (N-methyl/N-ethyl adjacent to an activating group) is 1. The van der Waals surface area contributed by atoms with Gasteiger partial charge in [0.05, 0.1) is 11.4 Å². The quantitative estimate of drug-likeness (QED) is 0.619. The number of halogens is 3. The smallest absolute Gasteiger partial charge is 0.387 e. The number of nitrogens with one attached hydrogen (secondary N) is 1. The first-order valence-corrected chi connectivity index (χ1v) is 8.55. The van der Waals surface area contributed by atoms with E-state index >= 15 is 0 Å². The molecule has 1 heterocycles. The van der Waals surface area contributed by atoms with Crippen molar-refractivity contribution in [1.29, 1.82) is 0 Å². The van der Waals surface area contributed by atoms with E-state index in [0.717, 1.165) is 43.9 Å². The average molecular weight is 369 g/mol. The van der Waals surface area contributed by atoms with Crippen LogP contribution in [0.2, 0.25) is 0 Å². The molecule has 1 aromatic rings. The SMILES string of the molecule is C/C(N)=N\C(=C/C(C)c1ccc(C(F)(F)F)cc1)NN1CCN(C)CC1. The van der Waals surface area contributed by atoms with Crippen molar-refractivity contribution in [2.75, 3.05) is 33.2 Å². The van der Waals surface area contributed by atoms with Crippen LogP contribution in [0.5, 0.6) is 0 Å². The van der Waals surface area contributed by atoms with Crippen molar-refractivity contribution in [3.8, 4) is 0 Å². The second kappa shape index (κ2) is 8.55. The lowest BCUT2D eigenvalue weighted by Crippen LogP contribution is -2.50. The molecule has 1 unspecified atom stereocenters. The van der Waals surface area contributed by atoms with Crippen LogP contribution in [0.1, 0.15) is 30.9 Å². The Labute approximate surface area is 152 Å². The predicted octanol–water partition coefficient (Wildman–Crippen LogP) is 2.78. The number of nitrogens with two attached hydrogens (primary N) is 1. The number of aliphatic imine (C=N–C) groups is 1. The monoisotopic (exact) mass is 369 g/mol. The number of hydrogen-bond acceptors (Lipinski definition) is 4. The van der Waals surface area contributed by atoms with Gasteiger partial charge in [0.2, 0.25) is 0 Å². The van der Waals surface area contributed by atoms with Crippen molar-refractivity contribution >= 4 is 5.84 Å². The van der Waals surface area contributed by atoms with Gasteiger partial charge < -0.3 is 16.1 Å². The van der Waals surface area contributed by atoms with E-state index < -0.39 is 11.7 Å². The fourth-order valence-corrected chi connectivity index (χ4v) is 2.68. The van der Waals surface area contributed by atoms with Crippen LogP contribution in [0.15, 0.2) is 41.2 Å². The van der Waals surface area contributed by atoms with Crippen molar-refractivity contribution in [2.24, 2.45) is 10.7 Å². The number of piperazine rings is 1. The van der Waals surface area contributed by atoms with Crippen LogP contribution in [0.3, 0.4) is 0 Å². The van der Waals surface area contributed by atoms with Gasteiger partial charge in [0.15, 0.2) is 0 Å². The van der Waals surface area contributed by atoms with E-state index in [-0.39, 0.29) is 5.92 Å². The highest BCUT2D eigenvalue weighted by molar-refractivity contribution is 5.78. The molecule has 0 aliphatic carbocycles. The zero-order valence-corrected chi connectivity index (χ0v) is 15.3. The van der Waals surface area contributed by atoms with Crippen molar-refractivity contribution in [2.45, 2.75) is 25.9 Å². The lowest BCUT2D eigenvalue weighted by atomic mass is 9.99. The van der Waals surface area contributed by atoms with E-state index in [1.807, 2.05) is 13.0 Å². The first kappa shape index (κ1) is 20.3. The molecule has 1 atom stereocenters. The molecule has 0 radical (unpaired) electrons. The van der Waals surface area contributed by atoms with Gasteiger partial charge in [-0.1, -0.05) is 19.1 Å². The summed E-state index contributed by atoms with van der Waals surface area (Å²) in [5.74, 6) is 0.898. The normalized spacial score (nSPS) is 19.5. The molecule has 2 rings (SSSR count). The van der Waals surface area contributed by atoms with Gasteiger partial charge in [0.25, 0.3) is 0 Å². The maximum atomic E-state index is 12.7. The van der Waals surface area contributed by atoms with Crippen molar-refractivity contribution in [1.82, 2.24) is 15.3 Å². The third kappa shape index (κ3) is 6.03. The van der Waals surface area contributed by atoms with E-state index in [9.17, 15) is 13.2 Å². The number of nitrogens with zero attached hydrogens (tertiary/aromatic N) is 3. The van der Waals surface area contributed by atoms with Crippen LogP contribution in [-0.4, -0.2) is 49.0 Å². The maximum absolute atomic E-state index is 12.7. The van der Waals surface area contributed by atoms with E-state index in [4.69, 9.17) is 5.73 Å². The minimum atomic E-state index is -4.33. The fraction of sp³-hybridized carbons (Fsp3) is 0.500. The van der Waals surface area contributed by atoms with Crippen molar-refractivity contribution in [3.63, 3.8) is 0 Å². The summed E-state index contributed by atoms with van der Waals surface area (Å²) in [5.41, 5.74) is 9.11. The number of hydrogen-bond donors (Lipinski definition) is 2. The van der Waals surface area contributed by atoms with Gasteiger partial charge in [-0.05, 0) is 37.7 Å². The number of benzene rings is 1. The molecule has 1 fully saturated rings. The Morgan fingerprint density at radius 2 is 1.77 bits per heavy atom. The topological polar surface area (TPSA) is 56.9 Å².